The van der Waals surface area contributed by atoms with Crippen molar-refractivity contribution in [3.05, 3.63) is 12.2 Å². The van der Waals surface area contributed by atoms with E-state index in [0.29, 0.717) is 6.42 Å². The Bertz CT molecular complexity index is 546. The first kappa shape index (κ1) is 21.9. The molecule has 7 nitrogen and oxygen atoms in total. The van der Waals surface area contributed by atoms with Gasteiger partial charge in [0.1, 0.15) is 17.8 Å². The fourth-order valence-electron chi connectivity index (χ4n) is 2.74. The SMILES string of the molecule is C=C(C(=O)OCC(=O)OC1OC(C(C)OC=O)C(C)C1CC)C(F)(F)F. The number of esters is 2. The third-order valence-electron chi connectivity index (χ3n) is 4.20. The maximum absolute atomic E-state index is 12.3. The van der Waals surface area contributed by atoms with Crippen molar-refractivity contribution in [2.45, 2.75) is 51.9 Å². The lowest BCUT2D eigenvalue weighted by atomic mass is 9.88. The molecule has 1 aliphatic heterocycles. The van der Waals surface area contributed by atoms with Crippen LogP contribution in [0.2, 0.25) is 0 Å². The molecule has 0 bridgehead atoms. The van der Waals surface area contributed by atoms with Crippen LogP contribution in [0.3, 0.4) is 0 Å². The first-order valence-corrected chi connectivity index (χ1v) is 7.90. The number of rotatable bonds is 8. The van der Waals surface area contributed by atoms with Crippen LogP contribution >= 0.6 is 0 Å². The van der Waals surface area contributed by atoms with Crippen molar-refractivity contribution in [2.24, 2.45) is 11.8 Å². The van der Waals surface area contributed by atoms with Crippen LogP contribution in [0.1, 0.15) is 27.2 Å². The second kappa shape index (κ2) is 9.02. The van der Waals surface area contributed by atoms with E-state index in [0.717, 1.165) is 0 Å². The lowest BCUT2D eigenvalue weighted by Gasteiger charge is -2.21. The lowest BCUT2D eigenvalue weighted by Crippen LogP contribution is -2.31. The number of alkyl halides is 3. The van der Waals surface area contributed by atoms with Gasteiger partial charge in [0.2, 0.25) is 6.29 Å². The van der Waals surface area contributed by atoms with Crippen LogP contribution in [-0.4, -0.2) is 49.7 Å². The number of ether oxygens (including phenoxy) is 4. The van der Waals surface area contributed by atoms with Crippen LogP contribution in [0, 0.1) is 11.8 Å². The normalized spacial score (nSPS) is 26.7. The van der Waals surface area contributed by atoms with E-state index in [-0.39, 0.29) is 18.3 Å². The minimum absolute atomic E-state index is 0.111. The van der Waals surface area contributed by atoms with E-state index >= 15 is 0 Å². The second-order valence-corrected chi connectivity index (χ2v) is 5.88. The molecule has 0 spiro atoms. The third kappa shape index (κ3) is 5.45. The summed E-state index contributed by atoms with van der Waals surface area (Å²) in [5, 5.41) is 0. The average molecular weight is 382 g/mol. The van der Waals surface area contributed by atoms with Gasteiger partial charge in [0.25, 0.3) is 6.47 Å². The summed E-state index contributed by atoms with van der Waals surface area (Å²) in [7, 11) is 0. The predicted molar refractivity (Wildman–Crippen MR) is 80.5 cm³/mol. The quantitative estimate of drug-likeness (QED) is 0.275. The highest BCUT2D eigenvalue weighted by atomic mass is 19.4. The van der Waals surface area contributed by atoms with Crippen LogP contribution in [0.5, 0.6) is 0 Å². The summed E-state index contributed by atoms with van der Waals surface area (Å²) in [5.41, 5.74) is -1.72. The first-order valence-electron chi connectivity index (χ1n) is 7.90. The fraction of sp³-hybridized carbons (Fsp3) is 0.688. The van der Waals surface area contributed by atoms with Gasteiger partial charge < -0.3 is 18.9 Å². The zero-order chi connectivity index (χ0) is 20.1. The van der Waals surface area contributed by atoms with E-state index in [9.17, 15) is 27.6 Å². The fourth-order valence-corrected chi connectivity index (χ4v) is 2.74. The van der Waals surface area contributed by atoms with Crippen LogP contribution in [-0.2, 0) is 33.3 Å². The molecule has 10 heteroatoms. The van der Waals surface area contributed by atoms with Crippen molar-refractivity contribution in [1.82, 2.24) is 0 Å². The minimum atomic E-state index is -4.94. The molecule has 0 saturated carbocycles. The van der Waals surface area contributed by atoms with Gasteiger partial charge in [-0.25, -0.2) is 9.59 Å². The molecule has 5 atom stereocenters. The van der Waals surface area contributed by atoms with Crippen molar-refractivity contribution < 1.29 is 46.5 Å². The van der Waals surface area contributed by atoms with E-state index in [2.05, 4.69) is 11.3 Å². The highest BCUT2D eigenvalue weighted by molar-refractivity contribution is 5.90. The Labute approximate surface area is 148 Å². The molecule has 0 N–H and O–H groups in total. The molecule has 0 aromatic carbocycles. The maximum atomic E-state index is 12.3. The highest BCUT2D eigenvalue weighted by Gasteiger charge is 2.46. The Balaban J connectivity index is 2.61. The average Bonchev–Trinajstić information content (AvgIpc) is 2.86. The van der Waals surface area contributed by atoms with Gasteiger partial charge in [0.15, 0.2) is 6.61 Å². The molecular formula is C16H21F3O7. The van der Waals surface area contributed by atoms with E-state index in [1.54, 1.807) is 6.92 Å². The van der Waals surface area contributed by atoms with Gasteiger partial charge in [-0.05, 0) is 19.3 Å². The number of carbonyl (C=O) groups is 3. The predicted octanol–water partition coefficient (Wildman–Crippen LogP) is 2.14. The van der Waals surface area contributed by atoms with E-state index in [1.807, 2.05) is 13.8 Å². The van der Waals surface area contributed by atoms with Gasteiger partial charge in [-0.2, -0.15) is 13.2 Å². The Morgan fingerprint density at radius 1 is 1.35 bits per heavy atom. The third-order valence-corrected chi connectivity index (χ3v) is 4.20. The monoisotopic (exact) mass is 382 g/mol. The van der Waals surface area contributed by atoms with E-state index in [1.165, 1.54) is 0 Å². The molecule has 1 fully saturated rings. The van der Waals surface area contributed by atoms with Gasteiger partial charge in [-0.1, -0.05) is 20.4 Å². The van der Waals surface area contributed by atoms with Crippen molar-refractivity contribution >= 4 is 18.4 Å². The van der Waals surface area contributed by atoms with E-state index in [4.69, 9.17) is 14.2 Å². The standard InChI is InChI=1S/C16H21F3O7/c1-5-11-8(2)13(10(4)24-7-20)26-15(11)25-12(21)6-23-14(22)9(3)16(17,18)19/h7-8,10-11,13,15H,3,5-6H2,1-2,4H3. The number of carbonyl (C=O) groups excluding carboxylic acids is 3. The summed E-state index contributed by atoms with van der Waals surface area (Å²) in [6, 6.07) is 0. The van der Waals surface area contributed by atoms with Crippen molar-refractivity contribution in [1.29, 1.82) is 0 Å². The summed E-state index contributed by atoms with van der Waals surface area (Å²) < 4.78 is 56.7. The zero-order valence-electron chi connectivity index (χ0n) is 14.6. The highest BCUT2D eigenvalue weighted by Crippen LogP contribution is 2.37. The first-order chi connectivity index (χ1) is 12.0. The Hall–Kier alpha value is -2.10. The molecule has 5 unspecified atom stereocenters. The molecule has 0 amide bonds. The molecule has 0 aliphatic carbocycles. The smallest absolute Gasteiger partial charge is 0.422 e. The number of hydrogen-bond donors (Lipinski definition) is 0. The van der Waals surface area contributed by atoms with Crippen LogP contribution in [0.15, 0.2) is 12.2 Å². The zero-order valence-corrected chi connectivity index (χ0v) is 14.6. The minimum Gasteiger partial charge on any atom is -0.462 e. The van der Waals surface area contributed by atoms with Gasteiger partial charge in [-0.15, -0.1) is 0 Å². The second-order valence-electron chi connectivity index (χ2n) is 5.88. The number of hydrogen-bond acceptors (Lipinski definition) is 7. The van der Waals surface area contributed by atoms with Gasteiger partial charge in [-0.3, -0.25) is 4.79 Å². The molecule has 0 aromatic rings. The van der Waals surface area contributed by atoms with Crippen LogP contribution < -0.4 is 0 Å². The van der Waals surface area contributed by atoms with Crippen molar-refractivity contribution in [3.63, 3.8) is 0 Å². The Morgan fingerprint density at radius 3 is 2.46 bits per heavy atom. The maximum Gasteiger partial charge on any atom is 0.422 e. The molecule has 148 valence electrons. The molecule has 1 saturated heterocycles. The largest absolute Gasteiger partial charge is 0.462 e. The van der Waals surface area contributed by atoms with Gasteiger partial charge in [0, 0.05) is 5.92 Å². The Morgan fingerprint density at radius 2 is 1.96 bits per heavy atom. The molecule has 1 rings (SSSR count). The van der Waals surface area contributed by atoms with Crippen molar-refractivity contribution in [2.75, 3.05) is 6.61 Å². The molecule has 26 heavy (non-hydrogen) atoms. The van der Waals surface area contributed by atoms with Crippen LogP contribution in [0.4, 0.5) is 13.2 Å². The molecule has 0 aromatic heterocycles. The van der Waals surface area contributed by atoms with Gasteiger partial charge >= 0.3 is 18.1 Å². The summed E-state index contributed by atoms with van der Waals surface area (Å²) in [6.45, 7) is 7.15. The van der Waals surface area contributed by atoms with E-state index < -0.39 is 48.8 Å². The molecule has 1 heterocycles. The summed E-state index contributed by atoms with van der Waals surface area (Å²) in [6.07, 6.45) is -6.45. The van der Waals surface area contributed by atoms with Crippen molar-refractivity contribution in [3.8, 4) is 0 Å². The molecular weight excluding hydrogens is 361 g/mol. The summed E-state index contributed by atoms with van der Waals surface area (Å²) in [5.74, 6) is -3.15. The summed E-state index contributed by atoms with van der Waals surface area (Å²) in [4.78, 5) is 33.4. The van der Waals surface area contributed by atoms with Crippen LogP contribution in [0.25, 0.3) is 0 Å². The number of halogens is 3. The lowest BCUT2D eigenvalue weighted by molar-refractivity contribution is -0.194. The molecule has 1 aliphatic rings. The molecule has 0 radical (unpaired) electrons. The Kier molecular flexibility index (Phi) is 7.61. The summed E-state index contributed by atoms with van der Waals surface area (Å²) >= 11 is 0. The topological polar surface area (TPSA) is 88.1 Å². The van der Waals surface area contributed by atoms with Gasteiger partial charge in [0.05, 0.1) is 0 Å².